The number of hydrogen-bond acceptors (Lipinski definition) is 4. The minimum Gasteiger partial charge on any atom is -0.449 e. The number of hydrogen-bond donors (Lipinski definition) is 0. The van der Waals surface area contributed by atoms with E-state index in [0.717, 1.165) is 26.1 Å². The van der Waals surface area contributed by atoms with Crippen LogP contribution >= 0.6 is 50.6 Å². The average molecular weight is 325 g/mol. The van der Waals surface area contributed by atoms with Crippen LogP contribution in [0.15, 0.2) is 26.5 Å². The molecule has 2 heterocycles. The highest BCUT2D eigenvalue weighted by atomic mass is 79.9. The van der Waals surface area contributed by atoms with E-state index in [9.17, 15) is 0 Å². The number of aromatic nitrogens is 1. The minimum atomic E-state index is 0.447. The molecular formula is C9H7BrClNOS2. The van der Waals surface area contributed by atoms with Gasteiger partial charge in [0, 0.05) is 5.75 Å². The van der Waals surface area contributed by atoms with Gasteiger partial charge >= 0.3 is 0 Å². The summed E-state index contributed by atoms with van der Waals surface area (Å²) in [7, 11) is 0. The van der Waals surface area contributed by atoms with Gasteiger partial charge in [-0.15, -0.1) is 23.1 Å². The lowest BCUT2D eigenvalue weighted by Gasteiger charge is -1.95. The molecule has 6 heteroatoms. The van der Waals surface area contributed by atoms with Crippen molar-refractivity contribution in [2.24, 2.45) is 0 Å². The van der Waals surface area contributed by atoms with Crippen LogP contribution in [0.2, 0.25) is 5.22 Å². The van der Waals surface area contributed by atoms with E-state index in [1.165, 1.54) is 0 Å². The molecule has 0 aliphatic heterocycles. The second-order valence-corrected chi connectivity index (χ2v) is 6.61. The summed E-state index contributed by atoms with van der Waals surface area (Å²) in [5.74, 6) is 2.62. The molecule has 2 nitrogen and oxygen atoms in total. The SMILES string of the molecule is Clc1ccc(CSCc2ncc(Br)s2)o1. The summed E-state index contributed by atoms with van der Waals surface area (Å²) >= 11 is 12.5. The Morgan fingerprint density at radius 2 is 2.33 bits per heavy atom. The quantitative estimate of drug-likeness (QED) is 0.823. The van der Waals surface area contributed by atoms with Crippen molar-refractivity contribution in [3.63, 3.8) is 0 Å². The fraction of sp³-hybridized carbons (Fsp3) is 0.222. The smallest absolute Gasteiger partial charge is 0.193 e. The molecule has 0 spiro atoms. The molecule has 0 unspecified atom stereocenters. The second-order valence-electron chi connectivity index (χ2n) is 2.76. The van der Waals surface area contributed by atoms with E-state index in [1.54, 1.807) is 29.2 Å². The third kappa shape index (κ3) is 3.52. The van der Waals surface area contributed by atoms with E-state index in [1.807, 2.05) is 12.3 Å². The number of nitrogens with zero attached hydrogens (tertiary/aromatic N) is 1. The standard InChI is InChI=1S/C9H7BrClNOS2/c10-7-3-12-9(15-7)5-14-4-6-1-2-8(11)13-6/h1-3H,4-5H2. The van der Waals surface area contributed by atoms with Crippen LogP contribution in [0.1, 0.15) is 10.8 Å². The zero-order valence-corrected chi connectivity index (χ0v) is 11.5. The molecule has 0 fully saturated rings. The molecule has 2 rings (SSSR count). The Kier molecular flexibility index (Phi) is 4.13. The first kappa shape index (κ1) is 11.5. The molecule has 0 radical (unpaired) electrons. The van der Waals surface area contributed by atoms with E-state index in [2.05, 4.69) is 20.9 Å². The Morgan fingerprint density at radius 3 is 2.93 bits per heavy atom. The second kappa shape index (κ2) is 5.39. The van der Waals surface area contributed by atoms with Gasteiger partial charge in [-0.25, -0.2) is 4.98 Å². The van der Waals surface area contributed by atoms with Crippen LogP contribution in [0.3, 0.4) is 0 Å². The van der Waals surface area contributed by atoms with E-state index in [4.69, 9.17) is 16.0 Å². The fourth-order valence-electron chi connectivity index (χ4n) is 1.02. The first-order valence-corrected chi connectivity index (χ1v) is 7.30. The van der Waals surface area contributed by atoms with Crippen molar-refractivity contribution >= 4 is 50.6 Å². The molecule has 0 N–H and O–H groups in total. The Balaban J connectivity index is 1.80. The summed E-state index contributed by atoms with van der Waals surface area (Å²) in [5, 5.41) is 1.56. The Hall–Kier alpha value is 0.0300. The molecule has 0 atom stereocenters. The monoisotopic (exact) mass is 323 g/mol. The van der Waals surface area contributed by atoms with Crippen molar-refractivity contribution in [1.29, 1.82) is 0 Å². The topological polar surface area (TPSA) is 26.0 Å². The highest BCUT2D eigenvalue weighted by Gasteiger charge is 2.02. The molecule has 0 bridgehead atoms. The zero-order chi connectivity index (χ0) is 10.7. The lowest BCUT2D eigenvalue weighted by atomic mass is 10.5. The molecule has 0 amide bonds. The molecule has 0 saturated carbocycles. The Labute approximate surface area is 109 Å². The summed E-state index contributed by atoms with van der Waals surface area (Å²) in [6.45, 7) is 0. The highest BCUT2D eigenvalue weighted by molar-refractivity contribution is 9.11. The van der Waals surface area contributed by atoms with Gasteiger partial charge in [-0.1, -0.05) is 0 Å². The number of rotatable bonds is 4. The summed E-state index contributed by atoms with van der Waals surface area (Å²) in [4.78, 5) is 4.25. The van der Waals surface area contributed by atoms with Crippen LogP contribution in [0.25, 0.3) is 0 Å². The van der Waals surface area contributed by atoms with Crippen molar-refractivity contribution in [2.45, 2.75) is 11.5 Å². The molecule has 2 aromatic rings. The fourth-order valence-corrected chi connectivity index (χ4v) is 3.48. The van der Waals surface area contributed by atoms with E-state index >= 15 is 0 Å². The third-order valence-corrected chi connectivity index (χ3v) is 4.45. The van der Waals surface area contributed by atoms with Gasteiger partial charge in [-0.3, -0.25) is 0 Å². The number of thiazole rings is 1. The van der Waals surface area contributed by atoms with Gasteiger partial charge in [0.1, 0.15) is 10.8 Å². The molecule has 0 aromatic carbocycles. The van der Waals surface area contributed by atoms with Crippen LogP contribution in [0.5, 0.6) is 0 Å². The van der Waals surface area contributed by atoms with Gasteiger partial charge < -0.3 is 4.42 Å². The summed E-state index contributed by atoms with van der Waals surface area (Å²) < 4.78 is 6.31. The van der Waals surface area contributed by atoms with Crippen molar-refractivity contribution < 1.29 is 4.42 Å². The van der Waals surface area contributed by atoms with Gasteiger partial charge in [0.15, 0.2) is 5.22 Å². The van der Waals surface area contributed by atoms with E-state index in [0.29, 0.717) is 5.22 Å². The normalized spacial score (nSPS) is 10.8. The first-order valence-electron chi connectivity index (χ1n) is 4.16. The lowest BCUT2D eigenvalue weighted by Crippen LogP contribution is -1.79. The maximum absolute atomic E-state index is 5.67. The molecule has 0 saturated heterocycles. The molecule has 2 aromatic heterocycles. The van der Waals surface area contributed by atoms with Gasteiger partial charge in [-0.05, 0) is 39.7 Å². The van der Waals surface area contributed by atoms with Crippen molar-refractivity contribution in [3.8, 4) is 0 Å². The van der Waals surface area contributed by atoms with Crippen molar-refractivity contribution in [2.75, 3.05) is 0 Å². The molecular weight excluding hydrogens is 318 g/mol. The summed E-state index contributed by atoms with van der Waals surface area (Å²) in [6.07, 6.45) is 1.82. The summed E-state index contributed by atoms with van der Waals surface area (Å²) in [6, 6.07) is 3.66. The maximum atomic E-state index is 5.67. The van der Waals surface area contributed by atoms with E-state index in [-0.39, 0.29) is 0 Å². The van der Waals surface area contributed by atoms with Gasteiger partial charge in [0.05, 0.1) is 15.7 Å². The Morgan fingerprint density at radius 1 is 1.47 bits per heavy atom. The molecule has 0 aliphatic rings. The van der Waals surface area contributed by atoms with Crippen LogP contribution in [-0.4, -0.2) is 4.98 Å². The van der Waals surface area contributed by atoms with E-state index < -0.39 is 0 Å². The first-order chi connectivity index (χ1) is 7.24. The number of halogens is 2. The van der Waals surface area contributed by atoms with Gasteiger partial charge in [-0.2, -0.15) is 0 Å². The summed E-state index contributed by atoms with van der Waals surface area (Å²) in [5.41, 5.74) is 0. The minimum absolute atomic E-state index is 0.447. The maximum Gasteiger partial charge on any atom is 0.193 e. The third-order valence-electron chi connectivity index (χ3n) is 1.62. The predicted molar refractivity (Wildman–Crippen MR) is 68.5 cm³/mol. The molecule has 0 aliphatic carbocycles. The zero-order valence-electron chi connectivity index (χ0n) is 7.57. The predicted octanol–water partition coefficient (Wildman–Crippen LogP) is 4.59. The van der Waals surface area contributed by atoms with Crippen molar-refractivity contribution in [1.82, 2.24) is 4.98 Å². The highest BCUT2D eigenvalue weighted by Crippen LogP contribution is 2.25. The van der Waals surface area contributed by atoms with Gasteiger partial charge in [0.25, 0.3) is 0 Å². The largest absolute Gasteiger partial charge is 0.449 e. The van der Waals surface area contributed by atoms with Crippen LogP contribution in [-0.2, 0) is 11.5 Å². The van der Waals surface area contributed by atoms with Crippen LogP contribution < -0.4 is 0 Å². The molecule has 15 heavy (non-hydrogen) atoms. The lowest BCUT2D eigenvalue weighted by molar-refractivity contribution is 0.532. The Bertz CT molecular complexity index is 403. The van der Waals surface area contributed by atoms with Crippen LogP contribution in [0.4, 0.5) is 0 Å². The van der Waals surface area contributed by atoms with Gasteiger partial charge in [0.2, 0.25) is 0 Å². The molecule has 80 valence electrons. The average Bonchev–Trinajstić information content (AvgIpc) is 2.76. The number of furan rings is 1. The van der Waals surface area contributed by atoms with Crippen LogP contribution in [0, 0.1) is 0 Å². The van der Waals surface area contributed by atoms with Crippen molar-refractivity contribution in [3.05, 3.63) is 38.1 Å². The number of thioether (sulfide) groups is 1.